The Morgan fingerprint density at radius 2 is 1.86 bits per heavy atom. The molecular formula is C18H25N3O6S. The lowest BCUT2D eigenvalue weighted by atomic mass is 9.75. The van der Waals surface area contributed by atoms with Crippen molar-refractivity contribution in [2.45, 2.75) is 12.8 Å². The zero-order valence-electron chi connectivity index (χ0n) is 15.7. The average molecular weight is 411 g/mol. The number of carboxylic acid groups (broad SMARTS) is 1. The lowest BCUT2D eigenvalue weighted by molar-refractivity contribution is -0.149. The van der Waals surface area contributed by atoms with E-state index in [2.05, 4.69) is 5.32 Å². The van der Waals surface area contributed by atoms with Crippen molar-refractivity contribution in [2.24, 2.45) is 5.41 Å². The molecule has 2 amide bonds. The van der Waals surface area contributed by atoms with Crippen molar-refractivity contribution in [3.8, 4) is 0 Å². The van der Waals surface area contributed by atoms with Crippen LogP contribution in [0.4, 0.5) is 0 Å². The van der Waals surface area contributed by atoms with Crippen LogP contribution in [0.1, 0.15) is 12.0 Å². The summed E-state index contributed by atoms with van der Waals surface area (Å²) in [4.78, 5) is 34.8. The summed E-state index contributed by atoms with van der Waals surface area (Å²) in [5, 5.41) is 9.65. The van der Waals surface area contributed by atoms with Crippen molar-refractivity contribution in [3.63, 3.8) is 0 Å². The zero-order chi connectivity index (χ0) is 20.8. The molecule has 0 aliphatic carbocycles. The van der Waals surface area contributed by atoms with Crippen LogP contribution >= 0.6 is 0 Å². The highest BCUT2D eigenvalue weighted by atomic mass is 32.2. The Kier molecular flexibility index (Phi) is 7.14. The Labute approximate surface area is 164 Å². The smallest absolute Gasteiger partial charge is 0.290 e. The van der Waals surface area contributed by atoms with Crippen LogP contribution in [0.25, 0.3) is 0 Å². The van der Waals surface area contributed by atoms with Gasteiger partial charge in [-0.05, 0) is 12.0 Å². The minimum atomic E-state index is -3.31. The summed E-state index contributed by atoms with van der Waals surface area (Å²) >= 11 is 0. The molecule has 0 radical (unpaired) electrons. The number of carbonyl (C=O) groups is 3. The molecular weight excluding hydrogens is 386 g/mol. The van der Waals surface area contributed by atoms with Crippen molar-refractivity contribution in [1.29, 1.82) is 0 Å². The van der Waals surface area contributed by atoms with Crippen molar-refractivity contribution in [3.05, 3.63) is 35.9 Å². The Balaban J connectivity index is 0.000000878. The second-order valence-corrected chi connectivity index (χ2v) is 8.95. The third-order valence-electron chi connectivity index (χ3n) is 4.87. The molecule has 2 N–H and O–H groups in total. The molecule has 2 aliphatic heterocycles. The van der Waals surface area contributed by atoms with E-state index >= 15 is 0 Å². The zero-order valence-corrected chi connectivity index (χ0v) is 16.5. The standard InChI is InChI=1S/C17H23N3O4S.CH2O2/c1-25(23,24)20-12-17(13-20,11-14-5-3-2-4-6-14)16(22)19-9-7-15(21)18-8-10-19;2-1-3/h2-6H,7-13H2,1H3,(H,18,21);1H,(H,2,3). The molecule has 0 bridgehead atoms. The lowest BCUT2D eigenvalue weighted by Crippen LogP contribution is -2.66. The molecule has 154 valence electrons. The third-order valence-corrected chi connectivity index (χ3v) is 6.06. The van der Waals surface area contributed by atoms with Gasteiger partial charge in [0.2, 0.25) is 21.8 Å². The number of hydrogen-bond acceptors (Lipinski definition) is 5. The van der Waals surface area contributed by atoms with E-state index < -0.39 is 15.4 Å². The predicted octanol–water partition coefficient (Wildman–Crippen LogP) is -0.460. The topological polar surface area (TPSA) is 124 Å². The molecule has 9 nitrogen and oxygen atoms in total. The van der Waals surface area contributed by atoms with E-state index in [0.29, 0.717) is 26.1 Å². The molecule has 1 aromatic rings. The van der Waals surface area contributed by atoms with Crippen molar-refractivity contribution >= 4 is 28.3 Å². The fraction of sp³-hybridized carbons (Fsp3) is 0.500. The molecule has 3 rings (SSSR count). The summed E-state index contributed by atoms with van der Waals surface area (Å²) in [6, 6.07) is 9.63. The van der Waals surface area contributed by atoms with Crippen molar-refractivity contribution in [2.75, 3.05) is 39.0 Å². The van der Waals surface area contributed by atoms with Gasteiger partial charge in [0.25, 0.3) is 6.47 Å². The summed E-state index contributed by atoms with van der Waals surface area (Å²) in [6.07, 6.45) is 1.94. The monoisotopic (exact) mass is 411 g/mol. The summed E-state index contributed by atoms with van der Waals surface area (Å²) in [5.41, 5.74) is 0.255. The maximum atomic E-state index is 13.2. The fourth-order valence-electron chi connectivity index (χ4n) is 3.48. The number of hydrogen-bond donors (Lipinski definition) is 2. The van der Waals surface area contributed by atoms with Gasteiger partial charge in [-0.15, -0.1) is 0 Å². The third kappa shape index (κ3) is 5.29. The summed E-state index contributed by atoms with van der Waals surface area (Å²) in [6.45, 7) is 1.40. The van der Waals surface area contributed by atoms with Crippen LogP contribution < -0.4 is 5.32 Å². The summed E-state index contributed by atoms with van der Waals surface area (Å²) in [5.74, 6) is -0.119. The normalized spacial score (nSPS) is 19.3. The first-order valence-corrected chi connectivity index (χ1v) is 10.7. The highest BCUT2D eigenvalue weighted by Gasteiger charge is 2.53. The maximum absolute atomic E-state index is 13.2. The first-order chi connectivity index (χ1) is 13.2. The number of benzene rings is 1. The van der Waals surface area contributed by atoms with E-state index in [1.165, 1.54) is 10.6 Å². The molecule has 0 unspecified atom stereocenters. The van der Waals surface area contributed by atoms with E-state index in [-0.39, 0.29) is 37.8 Å². The van der Waals surface area contributed by atoms with E-state index in [9.17, 15) is 18.0 Å². The van der Waals surface area contributed by atoms with Crippen LogP contribution in [0.5, 0.6) is 0 Å². The summed E-state index contributed by atoms with van der Waals surface area (Å²) < 4.78 is 24.9. The van der Waals surface area contributed by atoms with Crippen molar-refractivity contribution in [1.82, 2.24) is 14.5 Å². The predicted molar refractivity (Wildman–Crippen MR) is 102 cm³/mol. The molecule has 28 heavy (non-hydrogen) atoms. The van der Waals surface area contributed by atoms with Gasteiger partial charge in [-0.3, -0.25) is 14.4 Å². The van der Waals surface area contributed by atoms with Crippen LogP contribution in [0.15, 0.2) is 30.3 Å². The van der Waals surface area contributed by atoms with Crippen LogP contribution in [0.3, 0.4) is 0 Å². The lowest BCUT2D eigenvalue weighted by Gasteiger charge is -2.49. The molecule has 1 aromatic carbocycles. The highest BCUT2D eigenvalue weighted by Crippen LogP contribution is 2.38. The van der Waals surface area contributed by atoms with Gasteiger partial charge in [-0.1, -0.05) is 30.3 Å². The van der Waals surface area contributed by atoms with Crippen LogP contribution in [-0.2, 0) is 30.8 Å². The van der Waals surface area contributed by atoms with Gasteiger partial charge in [0.15, 0.2) is 0 Å². The van der Waals surface area contributed by atoms with Gasteiger partial charge in [0.05, 0.1) is 11.7 Å². The Bertz CT molecular complexity index is 806. The number of sulfonamides is 1. The van der Waals surface area contributed by atoms with E-state index in [1.54, 1.807) is 4.90 Å². The highest BCUT2D eigenvalue weighted by molar-refractivity contribution is 7.88. The van der Waals surface area contributed by atoms with Crippen molar-refractivity contribution < 1.29 is 27.9 Å². The molecule has 2 saturated heterocycles. The number of nitrogens with zero attached hydrogens (tertiary/aromatic N) is 2. The Morgan fingerprint density at radius 1 is 1.25 bits per heavy atom. The second-order valence-electron chi connectivity index (χ2n) is 6.97. The van der Waals surface area contributed by atoms with E-state index in [1.807, 2.05) is 30.3 Å². The van der Waals surface area contributed by atoms with E-state index in [4.69, 9.17) is 9.90 Å². The van der Waals surface area contributed by atoms with Gasteiger partial charge in [0.1, 0.15) is 0 Å². The van der Waals surface area contributed by atoms with Gasteiger partial charge in [-0.25, -0.2) is 8.42 Å². The number of carbonyl (C=O) groups excluding carboxylic acids is 2. The first-order valence-electron chi connectivity index (χ1n) is 8.85. The maximum Gasteiger partial charge on any atom is 0.290 e. The molecule has 2 aliphatic rings. The second kappa shape index (κ2) is 9.16. The molecule has 2 heterocycles. The van der Waals surface area contributed by atoms with Gasteiger partial charge in [-0.2, -0.15) is 4.31 Å². The minimum Gasteiger partial charge on any atom is -0.483 e. The molecule has 10 heteroatoms. The van der Waals surface area contributed by atoms with Crippen LogP contribution in [-0.4, -0.2) is 80.0 Å². The average Bonchev–Trinajstić information content (AvgIpc) is 2.82. The first kappa shape index (κ1) is 21.8. The SMILES string of the molecule is CS(=O)(=O)N1CC(Cc2ccccc2)(C(=O)N2CCNC(=O)CC2)C1.O=CO. The molecule has 0 atom stereocenters. The number of nitrogens with one attached hydrogen (secondary N) is 1. The van der Waals surface area contributed by atoms with Crippen LogP contribution in [0.2, 0.25) is 0 Å². The van der Waals surface area contributed by atoms with Gasteiger partial charge >= 0.3 is 0 Å². The molecule has 0 spiro atoms. The summed E-state index contributed by atoms with van der Waals surface area (Å²) in [7, 11) is -3.31. The Morgan fingerprint density at radius 3 is 2.43 bits per heavy atom. The largest absolute Gasteiger partial charge is 0.483 e. The van der Waals surface area contributed by atoms with E-state index in [0.717, 1.165) is 5.56 Å². The van der Waals surface area contributed by atoms with Crippen LogP contribution in [0, 0.1) is 5.41 Å². The fourth-order valence-corrected chi connectivity index (χ4v) is 4.44. The minimum absolute atomic E-state index is 0.0567. The molecule has 0 aromatic heterocycles. The quantitative estimate of drug-likeness (QED) is 0.646. The molecule has 2 fully saturated rings. The number of amides is 2. The van der Waals surface area contributed by atoms with Gasteiger partial charge < -0.3 is 15.3 Å². The van der Waals surface area contributed by atoms with Gasteiger partial charge in [0, 0.05) is 39.1 Å². The molecule has 0 saturated carbocycles. The number of rotatable bonds is 4. The Hall–Kier alpha value is -2.46.